The number of Topliss-reactive ketones (excluding diaryl/α,β-unsaturated/α-hetero) is 1. The molecule has 0 saturated carbocycles. The van der Waals surface area contributed by atoms with Gasteiger partial charge in [0.2, 0.25) is 0 Å². The fourth-order valence-electron chi connectivity index (χ4n) is 2.14. The number of rotatable bonds is 8. The summed E-state index contributed by atoms with van der Waals surface area (Å²) < 4.78 is 10.8. The lowest BCUT2D eigenvalue weighted by atomic mass is 10.1. The van der Waals surface area contributed by atoms with Crippen molar-refractivity contribution in [1.29, 1.82) is 0 Å². The lowest BCUT2D eigenvalue weighted by molar-refractivity contribution is -0.119. The summed E-state index contributed by atoms with van der Waals surface area (Å²) in [7, 11) is 0. The molecule has 0 unspecified atom stereocenters. The Kier molecular flexibility index (Phi) is 5.22. The molecule has 0 fully saturated rings. The topological polar surface area (TPSA) is 43.4 Å². The second-order valence-electron chi connectivity index (χ2n) is 5.09. The summed E-state index contributed by atoms with van der Waals surface area (Å²) in [5.74, 6) is 2.07. The Labute approximate surface area is 120 Å². The summed E-state index contributed by atoms with van der Waals surface area (Å²) in [6.45, 7) is 4.18. The van der Waals surface area contributed by atoms with Gasteiger partial charge in [0.05, 0.1) is 12.5 Å². The molecule has 0 aliphatic carbocycles. The number of hydrogen-bond donors (Lipinski definition) is 0. The predicted octanol–water partition coefficient (Wildman–Crippen LogP) is 4.13. The van der Waals surface area contributed by atoms with E-state index in [4.69, 9.17) is 8.83 Å². The first kappa shape index (κ1) is 14.6. The predicted molar refractivity (Wildman–Crippen MR) is 77.8 cm³/mol. The summed E-state index contributed by atoms with van der Waals surface area (Å²) in [5, 5.41) is 0. The lowest BCUT2D eigenvalue weighted by Gasteiger charge is -1.98. The van der Waals surface area contributed by atoms with Crippen molar-refractivity contribution >= 4 is 5.78 Å². The van der Waals surface area contributed by atoms with Crippen LogP contribution in [0.3, 0.4) is 0 Å². The van der Waals surface area contributed by atoms with Gasteiger partial charge in [0.15, 0.2) is 0 Å². The third-order valence-electron chi connectivity index (χ3n) is 3.53. The highest BCUT2D eigenvalue weighted by atomic mass is 16.3. The third kappa shape index (κ3) is 4.12. The van der Waals surface area contributed by atoms with Crippen LogP contribution in [0.4, 0.5) is 0 Å². The first-order chi connectivity index (χ1) is 9.71. The van der Waals surface area contributed by atoms with E-state index in [1.165, 1.54) is 11.1 Å². The van der Waals surface area contributed by atoms with Crippen LogP contribution in [-0.2, 0) is 30.5 Å². The van der Waals surface area contributed by atoms with Crippen molar-refractivity contribution in [2.45, 2.75) is 52.4 Å². The van der Waals surface area contributed by atoms with E-state index in [-0.39, 0.29) is 5.78 Å². The van der Waals surface area contributed by atoms with Crippen molar-refractivity contribution in [3.8, 4) is 0 Å². The average Bonchev–Trinajstić information content (AvgIpc) is 3.11. The SMILES string of the molecule is CCc1coc(CCC(=O)CCc2cc(CC)co2)c1. The van der Waals surface area contributed by atoms with Gasteiger partial charge in [-0.25, -0.2) is 0 Å². The van der Waals surface area contributed by atoms with Crippen LogP contribution in [0.1, 0.15) is 49.3 Å². The molecule has 0 atom stereocenters. The third-order valence-corrected chi connectivity index (χ3v) is 3.53. The Morgan fingerprint density at radius 3 is 1.70 bits per heavy atom. The zero-order valence-electron chi connectivity index (χ0n) is 12.3. The monoisotopic (exact) mass is 274 g/mol. The molecule has 0 aliphatic heterocycles. The summed E-state index contributed by atoms with van der Waals surface area (Å²) in [5.41, 5.74) is 2.38. The van der Waals surface area contributed by atoms with Gasteiger partial charge in [-0.1, -0.05) is 13.8 Å². The molecule has 0 aliphatic rings. The number of furan rings is 2. The number of carbonyl (C=O) groups is 1. The van der Waals surface area contributed by atoms with Gasteiger partial charge >= 0.3 is 0 Å². The van der Waals surface area contributed by atoms with Crippen LogP contribution < -0.4 is 0 Å². The Bertz CT molecular complexity index is 500. The fraction of sp³-hybridized carbons (Fsp3) is 0.471. The maximum absolute atomic E-state index is 11.9. The molecular formula is C17H22O3. The molecule has 3 heteroatoms. The average molecular weight is 274 g/mol. The molecule has 0 N–H and O–H groups in total. The number of aryl methyl sites for hydroxylation is 4. The van der Waals surface area contributed by atoms with Gasteiger partial charge in [-0.3, -0.25) is 4.79 Å². The van der Waals surface area contributed by atoms with Crippen molar-refractivity contribution in [3.05, 3.63) is 47.3 Å². The largest absolute Gasteiger partial charge is 0.469 e. The second-order valence-corrected chi connectivity index (χ2v) is 5.09. The molecule has 0 amide bonds. The minimum Gasteiger partial charge on any atom is -0.469 e. The maximum atomic E-state index is 11.9. The molecule has 0 bridgehead atoms. The van der Waals surface area contributed by atoms with Gasteiger partial charge < -0.3 is 8.83 Å². The van der Waals surface area contributed by atoms with Crippen LogP contribution in [0.15, 0.2) is 33.5 Å². The van der Waals surface area contributed by atoms with E-state index < -0.39 is 0 Å². The zero-order valence-corrected chi connectivity index (χ0v) is 12.3. The van der Waals surface area contributed by atoms with E-state index in [1.807, 2.05) is 12.1 Å². The molecular weight excluding hydrogens is 252 g/mol. The molecule has 0 aromatic carbocycles. The first-order valence-corrected chi connectivity index (χ1v) is 7.35. The minimum absolute atomic E-state index is 0.258. The Hall–Kier alpha value is -1.77. The van der Waals surface area contributed by atoms with Crippen molar-refractivity contribution in [1.82, 2.24) is 0 Å². The van der Waals surface area contributed by atoms with Crippen LogP contribution >= 0.6 is 0 Å². The normalized spacial score (nSPS) is 10.9. The van der Waals surface area contributed by atoms with Crippen molar-refractivity contribution in [2.75, 3.05) is 0 Å². The molecule has 2 rings (SSSR count). The first-order valence-electron chi connectivity index (χ1n) is 7.35. The van der Waals surface area contributed by atoms with Gasteiger partial charge in [-0.05, 0) is 36.1 Å². The molecule has 108 valence electrons. The molecule has 0 saturated heterocycles. The molecule has 2 aromatic heterocycles. The van der Waals surface area contributed by atoms with Gasteiger partial charge in [0.25, 0.3) is 0 Å². The molecule has 0 spiro atoms. The van der Waals surface area contributed by atoms with Crippen LogP contribution in [0.5, 0.6) is 0 Å². The standard InChI is InChI=1S/C17H22O3/c1-3-13-9-16(19-11-13)7-5-15(18)6-8-17-10-14(4-2)12-20-17/h9-12H,3-8H2,1-2H3. The van der Waals surface area contributed by atoms with E-state index in [0.717, 1.165) is 24.4 Å². The maximum Gasteiger partial charge on any atom is 0.133 e. The van der Waals surface area contributed by atoms with Gasteiger partial charge in [-0.2, -0.15) is 0 Å². The van der Waals surface area contributed by atoms with Gasteiger partial charge in [0.1, 0.15) is 17.3 Å². The molecule has 3 nitrogen and oxygen atoms in total. The van der Waals surface area contributed by atoms with Crippen molar-refractivity contribution in [3.63, 3.8) is 0 Å². The van der Waals surface area contributed by atoms with Crippen molar-refractivity contribution in [2.24, 2.45) is 0 Å². The highest BCUT2D eigenvalue weighted by Crippen LogP contribution is 2.13. The summed E-state index contributed by atoms with van der Waals surface area (Å²) in [6.07, 6.45) is 7.94. The van der Waals surface area contributed by atoms with Gasteiger partial charge in [-0.15, -0.1) is 0 Å². The number of carbonyl (C=O) groups excluding carboxylic acids is 1. The highest BCUT2D eigenvalue weighted by Gasteiger charge is 2.08. The van der Waals surface area contributed by atoms with E-state index >= 15 is 0 Å². The summed E-state index contributed by atoms with van der Waals surface area (Å²) in [4.78, 5) is 11.9. The molecule has 0 radical (unpaired) electrons. The molecule has 2 heterocycles. The quantitative estimate of drug-likeness (QED) is 0.727. The molecule has 20 heavy (non-hydrogen) atoms. The lowest BCUT2D eigenvalue weighted by Crippen LogP contribution is -2.01. The van der Waals surface area contributed by atoms with E-state index in [1.54, 1.807) is 12.5 Å². The van der Waals surface area contributed by atoms with E-state index in [0.29, 0.717) is 25.7 Å². The van der Waals surface area contributed by atoms with Crippen LogP contribution in [-0.4, -0.2) is 5.78 Å². The Morgan fingerprint density at radius 1 is 0.900 bits per heavy atom. The number of hydrogen-bond acceptors (Lipinski definition) is 3. The van der Waals surface area contributed by atoms with E-state index in [9.17, 15) is 4.79 Å². The van der Waals surface area contributed by atoms with Crippen LogP contribution in [0.25, 0.3) is 0 Å². The smallest absolute Gasteiger partial charge is 0.133 e. The second kappa shape index (κ2) is 7.13. The molecule has 2 aromatic rings. The zero-order chi connectivity index (χ0) is 14.4. The Balaban J connectivity index is 1.72. The van der Waals surface area contributed by atoms with Crippen LogP contribution in [0, 0.1) is 0 Å². The van der Waals surface area contributed by atoms with Crippen molar-refractivity contribution < 1.29 is 13.6 Å². The summed E-state index contributed by atoms with van der Waals surface area (Å²) in [6, 6.07) is 4.07. The van der Waals surface area contributed by atoms with Crippen LogP contribution in [0.2, 0.25) is 0 Å². The van der Waals surface area contributed by atoms with Gasteiger partial charge in [0, 0.05) is 25.7 Å². The highest BCUT2D eigenvalue weighted by molar-refractivity contribution is 5.78. The minimum atomic E-state index is 0.258. The summed E-state index contributed by atoms with van der Waals surface area (Å²) >= 11 is 0. The number of ketones is 1. The fourth-order valence-corrected chi connectivity index (χ4v) is 2.14. The van der Waals surface area contributed by atoms with E-state index in [2.05, 4.69) is 13.8 Å². The Morgan fingerprint density at radius 2 is 1.35 bits per heavy atom.